The van der Waals surface area contributed by atoms with Crippen LogP contribution >= 0.6 is 0 Å². The van der Waals surface area contributed by atoms with Gasteiger partial charge in [0.1, 0.15) is 5.65 Å². The lowest BCUT2D eigenvalue weighted by atomic mass is 10.1. The smallest absolute Gasteiger partial charge is 0.272 e. The van der Waals surface area contributed by atoms with Crippen LogP contribution in [0.25, 0.3) is 16.9 Å². The van der Waals surface area contributed by atoms with Gasteiger partial charge in [-0.15, -0.1) is 0 Å². The van der Waals surface area contributed by atoms with Gasteiger partial charge < -0.3 is 5.32 Å². The van der Waals surface area contributed by atoms with Crippen LogP contribution in [0, 0.1) is 0 Å². The second kappa shape index (κ2) is 5.40. The van der Waals surface area contributed by atoms with Gasteiger partial charge in [0, 0.05) is 17.8 Å². The highest BCUT2D eigenvalue weighted by molar-refractivity contribution is 5.99. The molecule has 3 rings (SSSR count). The van der Waals surface area contributed by atoms with Crippen LogP contribution in [0.15, 0.2) is 54.7 Å². The highest BCUT2D eigenvalue weighted by Crippen LogP contribution is 2.25. The highest BCUT2D eigenvalue weighted by Gasteiger charge is 2.20. The summed E-state index contributed by atoms with van der Waals surface area (Å²) in [5.41, 5.74) is 3.03. The lowest BCUT2D eigenvalue weighted by Crippen LogP contribution is -2.30. The van der Waals surface area contributed by atoms with E-state index in [0.717, 1.165) is 16.9 Å². The molecular formula is C17H17N3O. The van der Waals surface area contributed by atoms with Gasteiger partial charge in [0.05, 0.1) is 5.69 Å². The molecule has 0 spiro atoms. The molecule has 1 aromatic carbocycles. The molecular weight excluding hydrogens is 262 g/mol. The second-order valence-electron chi connectivity index (χ2n) is 5.23. The number of carbonyl (C=O) groups excluding carboxylic acids is 1. The molecule has 0 radical (unpaired) electrons. The van der Waals surface area contributed by atoms with Crippen LogP contribution in [-0.2, 0) is 0 Å². The third-order valence-electron chi connectivity index (χ3n) is 3.21. The number of aromatic nitrogens is 2. The van der Waals surface area contributed by atoms with E-state index < -0.39 is 0 Å². The lowest BCUT2D eigenvalue weighted by molar-refractivity contribution is 0.0939. The van der Waals surface area contributed by atoms with Crippen LogP contribution < -0.4 is 5.32 Å². The zero-order valence-electron chi connectivity index (χ0n) is 12.1. The molecule has 0 aliphatic heterocycles. The maximum atomic E-state index is 12.4. The first-order valence-electron chi connectivity index (χ1n) is 7.00. The normalized spacial score (nSPS) is 11.0. The standard InChI is InChI=1S/C17H17N3O/c1-12(2)18-17(21)15-16(13-8-4-3-5-9-13)20-11-7-6-10-14(20)19-15/h3-12H,1-2H3,(H,18,21). The molecule has 0 aliphatic rings. The van der Waals surface area contributed by atoms with Crippen molar-refractivity contribution in [1.29, 1.82) is 0 Å². The average molecular weight is 279 g/mol. The number of hydrogen-bond donors (Lipinski definition) is 1. The van der Waals surface area contributed by atoms with Crippen LogP contribution in [-0.4, -0.2) is 21.3 Å². The van der Waals surface area contributed by atoms with Gasteiger partial charge in [0.15, 0.2) is 5.69 Å². The summed E-state index contributed by atoms with van der Waals surface area (Å²) in [5.74, 6) is -0.146. The molecule has 0 aliphatic carbocycles. The molecule has 2 aromatic heterocycles. The number of nitrogens with one attached hydrogen (secondary N) is 1. The Hall–Kier alpha value is -2.62. The fourth-order valence-corrected chi connectivity index (χ4v) is 2.36. The van der Waals surface area contributed by atoms with Crippen molar-refractivity contribution in [2.45, 2.75) is 19.9 Å². The molecule has 0 saturated carbocycles. The average Bonchev–Trinajstić information content (AvgIpc) is 2.87. The van der Waals surface area contributed by atoms with Gasteiger partial charge in [0.25, 0.3) is 5.91 Å². The first kappa shape index (κ1) is 13.4. The number of hydrogen-bond acceptors (Lipinski definition) is 2. The third-order valence-corrected chi connectivity index (χ3v) is 3.21. The number of amides is 1. The topological polar surface area (TPSA) is 46.4 Å². The zero-order chi connectivity index (χ0) is 14.8. The van der Waals surface area contributed by atoms with Gasteiger partial charge in [-0.2, -0.15) is 0 Å². The van der Waals surface area contributed by atoms with E-state index in [1.165, 1.54) is 0 Å². The van der Waals surface area contributed by atoms with Gasteiger partial charge in [-0.05, 0) is 26.0 Å². The van der Waals surface area contributed by atoms with Crippen LogP contribution in [0.4, 0.5) is 0 Å². The molecule has 1 N–H and O–H groups in total. The molecule has 4 heteroatoms. The number of benzene rings is 1. The predicted octanol–water partition coefficient (Wildman–Crippen LogP) is 3.14. The summed E-state index contributed by atoms with van der Waals surface area (Å²) in [6.45, 7) is 3.88. The van der Waals surface area contributed by atoms with E-state index in [2.05, 4.69) is 10.3 Å². The maximum absolute atomic E-state index is 12.4. The van der Waals surface area contributed by atoms with Crippen LogP contribution in [0.1, 0.15) is 24.3 Å². The van der Waals surface area contributed by atoms with Crippen molar-refractivity contribution in [2.24, 2.45) is 0 Å². The van der Waals surface area contributed by atoms with Crippen molar-refractivity contribution in [3.63, 3.8) is 0 Å². The summed E-state index contributed by atoms with van der Waals surface area (Å²) in [4.78, 5) is 16.9. The quantitative estimate of drug-likeness (QED) is 0.800. The van der Waals surface area contributed by atoms with Gasteiger partial charge in [0.2, 0.25) is 0 Å². The molecule has 0 bridgehead atoms. The molecule has 0 fully saturated rings. The molecule has 1 amide bonds. The Morgan fingerprint density at radius 2 is 1.81 bits per heavy atom. The molecule has 106 valence electrons. The number of rotatable bonds is 3. The Labute approximate surface area is 123 Å². The molecule has 0 saturated heterocycles. The first-order chi connectivity index (χ1) is 10.2. The number of carbonyl (C=O) groups is 1. The van der Waals surface area contributed by atoms with Crippen molar-refractivity contribution in [3.05, 3.63) is 60.4 Å². The molecule has 2 heterocycles. The predicted molar refractivity (Wildman–Crippen MR) is 83.2 cm³/mol. The van der Waals surface area contributed by atoms with Crippen molar-refractivity contribution in [2.75, 3.05) is 0 Å². The summed E-state index contributed by atoms with van der Waals surface area (Å²) in [6.07, 6.45) is 1.93. The van der Waals surface area contributed by atoms with Gasteiger partial charge in [-0.1, -0.05) is 36.4 Å². The molecule has 0 unspecified atom stereocenters. The molecule has 21 heavy (non-hydrogen) atoms. The Morgan fingerprint density at radius 1 is 1.10 bits per heavy atom. The van der Waals surface area contributed by atoms with Crippen LogP contribution in [0.2, 0.25) is 0 Å². The van der Waals surface area contributed by atoms with Gasteiger partial charge >= 0.3 is 0 Å². The van der Waals surface area contributed by atoms with Crippen molar-refractivity contribution >= 4 is 11.6 Å². The minimum absolute atomic E-state index is 0.0749. The fraction of sp³-hybridized carbons (Fsp3) is 0.176. The first-order valence-corrected chi connectivity index (χ1v) is 7.00. The molecule has 4 nitrogen and oxygen atoms in total. The highest BCUT2D eigenvalue weighted by atomic mass is 16.2. The van der Waals surface area contributed by atoms with E-state index in [1.807, 2.05) is 73.0 Å². The largest absolute Gasteiger partial charge is 0.348 e. The van der Waals surface area contributed by atoms with Crippen LogP contribution in [0.3, 0.4) is 0 Å². The summed E-state index contributed by atoms with van der Waals surface area (Å²) < 4.78 is 1.95. The van der Waals surface area contributed by atoms with E-state index >= 15 is 0 Å². The van der Waals surface area contributed by atoms with E-state index in [-0.39, 0.29) is 11.9 Å². The van der Waals surface area contributed by atoms with E-state index in [1.54, 1.807) is 0 Å². The van der Waals surface area contributed by atoms with Crippen LogP contribution in [0.5, 0.6) is 0 Å². The summed E-state index contributed by atoms with van der Waals surface area (Å²) in [6, 6.07) is 15.7. The van der Waals surface area contributed by atoms with Crippen molar-refractivity contribution < 1.29 is 4.79 Å². The lowest BCUT2D eigenvalue weighted by Gasteiger charge is -2.08. The Kier molecular flexibility index (Phi) is 3.44. The zero-order valence-corrected chi connectivity index (χ0v) is 12.1. The van der Waals surface area contributed by atoms with Gasteiger partial charge in [-0.25, -0.2) is 4.98 Å². The second-order valence-corrected chi connectivity index (χ2v) is 5.23. The number of imidazole rings is 1. The molecule has 0 atom stereocenters. The third kappa shape index (κ3) is 2.52. The minimum atomic E-state index is -0.146. The Balaban J connectivity index is 2.22. The van der Waals surface area contributed by atoms with Crippen molar-refractivity contribution in [3.8, 4) is 11.3 Å². The van der Waals surface area contributed by atoms with E-state index in [9.17, 15) is 4.79 Å². The number of pyridine rings is 1. The summed E-state index contributed by atoms with van der Waals surface area (Å²) in [5, 5.41) is 2.92. The number of fused-ring (bicyclic) bond motifs is 1. The van der Waals surface area contributed by atoms with Crippen molar-refractivity contribution in [1.82, 2.24) is 14.7 Å². The summed E-state index contributed by atoms with van der Waals surface area (Å²) in [7, 11) is 0. The van der Waals surface area contributed by atoms with Gasteiger partial charge in [-0.3, -0.25) is 9.20 Å². The summed E-state index contributed by atoms with van der Waals surface area (Å²) >= 11 is 0. The van der Waals surface area contributed by atoms with E-state index in [4.69, 9.17) is 0 Å². The fourth-order valence-electron chi connectivity index (χ4n) is 2.36. The maximum Gasteiger partial charge on any atom is 0.272 e. The van der Waals surface area contributed by atoms with E-state index in [0.29, 0.717) is 5.69 Å². The molecule has 3 aromatic rings. The Morgan fingerprint density at radius 3 is 2.52 bits per heavy atom. The minimum Gasteiger partial charge on any atom is -0.348 e. The number of nitrogens with zero attached hydrogens (tertiary/aromatic N) is 2. The Bertz CT molecular complexity index is 775. The SMILES string of the molecule is CC(C)NC(=O)c1nc2ccccn2c1-c1ccccc1. The monoisotopic (exact) mass is 279 g/mol.